The van der Waals surface area contributed by atoms with Gasteiger partial charge in [-0.25, -0.2) is 0 Å². The van der Waals surface area contributed by atoms with E-state index in [1.807, 2.05) is 0 Å². The summed E-state index contributed by atoms with van der Waals surface area (Å²) in [6.45, 7) is 8.27. The normalized spacial score (nSPS) is 11.6. The smallest absolute Gasteiger partial charge is 0.00190 e. The van der Waals surface area contributed by atoms with Crippen molar-refractivity contribution in [3.8, 4) is 0 Å². The van der Waals surface area contributed by atoms with Gasteiger partial charge in [-0.15, -0.1) is 0 Å². The number of nitrogens with zero attached hydrogens (tertiary/aromatic N) is 1. The summed E-state index contributed by atoms with van der Waals surface area (Å²) in [5.74, 6) is 0. The zero-order valence-electron chi connectivity index (χ0n) is 20.7. The highest BCUT2D eigenvalue weighted by Gasteiger charge is 2.01. The summed E-state index contributed by atoms with van der Waals surface area (Å²) in [4.78, 5) is 2.55. The van der Waals surface area contributed by atoms with Crippen LogP contribution in [0.2, 0.25) is 0 Å². The molecule has 1 nitrogen and oxygen atoms in total. The van der Waals surface area contributed by atoms with Gasteiger partial charge in [0.05, 0.1) is 0 Å². The van der Waals surface area contributed by atoms with Crippen LogP contribution in [0.4, 0.5) is 0 Å². The molecule has 1 heteroatoms. The Morgan fingerprint density at radius 2 is 1.00 bits per heavy atom. The van der Waals surface area contributed by atoms with E-state index in [-0.39, 0.29) is 0 Å². The molecule has 0 aliphatic heterocycles. The molecule has 2 aromatic carbocycles. The van der Waals surface area contributed by atoms with Crippen molar-refractivity contribution in [2.75, 3.05) is 19.6 Å². The van der Waals surface area contributed by atoms with Gasteiger partial charge in [-0.3, -0.25) is 0 Å². The van der Waals surface area contributed by atoms with Crippen LogP contribution in [0.25, 0.3) is 10.8 Å². The summed E-state index contributed by atoms with van der Waals surface area (Å²) in [7, 11) is 0. The predicted molar refractivity (Wildman–Crippen MR) is 140 cm³/mol. The van der Waals surface area contributed by atoms with Gasteiger partial charge in [0.1, 0.15) is 0 Å². The van der Waals surface area contributed by atoms with Crippen molar-refractivity contribution in [1.82, 2.24) is 4.90 Å². The van der Waals surface area contributed by atoms with E-state index in [2.05, 4.69) is 61.2 Å². The molecule has 0 radical (unpaired) electrons. The summed E-state index contributed by atoms with van der Waals surface area (Å²) in [6.07, 6.45) is 21.2. The van der Waals surface area contributed by atoms with Crippen LogP contribution in [0.1, 0.15) is 109 Å². The van der Waals surface area contributed by atoms with Gasteiger partial charge in [-0.2, -0.15) is 0 Å². The van der Waals surface area contributed by atoms with Crippen LogP contribution in [0.15, 0.2) is 42.5 Å². The Balaban J connectivity index is 1.34. The third-order valence-corrected chi connectivity index (χ3v) is 6.94. The van der Waals surface area contributed by atoms with Crippen LogP contribution in [-0.4, -0.2) is 24.5 Å². The van der Waals surface area contributed by atoms with Crippen molar-refractivity contribution in [3.05, 3.63) is 48.0 Å². The lowest BCUT2D eigenvalue weighted by Crippen LogP contribution is -2.23. The molecule has 0 bridgehead atoms. The standard InChI is InChI=1S/C30H49N/c1-3-31(4-2)27-20-16-14-12-10-8-6-5-7-9-11-13-15-17-22-28-24-21-25-29-23-18-19-26-30(28)29/h18-19,21,23-26H,3-17,20,22,27H2,1-2H3. The quantitative estimate of drug-likeness (QED) is 0.203. The van der Waals surface area contributed by atoms with Crippen LogP contribution in [-0.2, 0) is 6.42 Å². The van der Waals surface area contributed by atoms with Crippen LogP contribution in [0, 0.1) is 0 Å². The number of benzene rings is 2. The largest absolute Gasteiger partial charge is 0.304 e. The third-order valence-electron chi connectivity index (χ3n) is 6.94. The molecule has 0 atom stereocenters. The van der Waals surface area contributed by atoms with Crippen molar-refractivity contribution in [2.24, 2.45) is 0 Å². The first-order valence-corrected chi connectivity index (χ1v) is 13.5. The number of hydrogen-bond donors (Lipinski definition) is 0. The molecule has 0 spiro atoms. The van der Waals surface area contributed by atoms with Gasteiger partial charge in [-0.1, -0.05) is 133 Å². The molecule has 2 aromatic rings. The van der Waals surface area contributed by atoms with Crippen LogP contribution < -0.4 is 0 Å². The molecule has 0 amide bonds. The van der Waals surface area contributed by atoms with Crippen molar-refractivity contribution in [1.29, 1.82) is 0 Å². The monoisotopic (exact) mass is 423 g/mol. The highest BCUT2D eigenvalue weighted by molar-refractivity contribution is 5.85. The lowest BCUT2D eigenvalue weighted by atomic mass is 9.99. The number of aryl methyl sites for hydroxylation is 1. The van der Waals surface area contributed by atoms with Gasteiger partial charge >= 0.3 is 0 Å². The van der Waals surface area contributed by atoms with Gasteiger partial charge in [0.15, 0.2) is 0 Å². The summed E-state index contributed by atoms with van der Waals surface area (Å²) < 4.78 is 0. The molecule has 0 unspecified atom stereocenters. The van der Waals surface area contributed by atoms with Crippen molar-refractivity contribution < 1.29 is 0 Å². The van der Waals surface area contributed by atoms with Crippen molar-refractivity contribution >= 4 is 10.8 Å². The summed E-state index contributed by atoms with van der Waals surface area (Å²) in [5, 5.41) is 2.83. The van der Waals surface area contributed by atoms with E-state index >= 15 is 0 Å². The second-order valence-corrected chi connectivity index (χ2v) is 9.36. The van der Waals surface area contributed by atoms with Gasteiger partial charge in [0.2, 0.25) is 0 Å². The lowest BCUT2D eigenvalue weighted by Gasteiger charge is -2.17. The van der Waals surface area contributed by atoms with E-state index in [1.54, 1.807) is 0 Å². The summed E-state index contributed by atoms with van der Waals surface area (Å²) in [6, 6.07) is 15.6. The molecule has 0 aliphatic carbocycles. The fourth-order valence-corrected chi connectivity index (χ4v) is 4.82. The molecular weight excluding hydrogens is 374 g/mol. The maximum atomic E-state index is 2.55. The SMILES string of the molecule is CCN(CC)CCCCCCCCCCCCCCCCc1cccc2ccccc12. The lowest BCUT2D eigenvalue weighted by molar-refractivity contribution is 0.295. The maximum Gasteiger partial charge on any atom is -0.00190 e. The predicted octanol–water partition coefficient (Wildman–Crippen LogP) is 9.19. The number of fused-ring (bicyclic) bond motifs is 1. The molecule has 0 aromatic heterocycles. The molecule has 2 rings (SSSR count). The minimum atomic E-state index is 1.21. The maximum absolute atomic E-state index is 2.55. The fourth-order valence-electron chi connectivity index (χ4n) is 4.82. The van der Waals surface area contributed by atoms with E-state index in [0.717, 1.165) is 0 Å². The molecule has 31 heavy (non-hydrogen) atoms. The average Bonchev–Trinajstić information content (AvgIpc) is 2.81. The van der Waals surface area contributed by atoms with Gasteiger partial charge in [0.25, 0.3) is 0 Å². The Morgan fingerprint density at radius 1 is 0.516 bits per heavy atom. The zero-order chi connectivity index (χ0) is 22.0. The number of hydrogen-bond acceptors (Lipinski definition) is 1. The first kappa shape index (κ1) is 25.9. The Labute approximate surface area is 193 Å². The molecule has 0 heterocycles. The minimum Gasteiger partial charge on any atom is -0.304 e. The van der Waals surface area contributed by atoms with Gasteiger partial charge in [0, 0.05) is 0 Å². The highest BCUT2D eigenvalue weighted by Crippen LogP contribution is 2.21. The highest BCUT2D eigenvalue weighted by atomic mass is 15.1. The number of rotatable bonds is 19. The van der Waals surface area contributed by atoms with Crippen LogP contribution in [0.3, 0.4) is 0 Å². The molecular formula is C30H49N. The van der Waals surface area contributed by atoms with Gasteiger partial charge in [-0.05, 0) is 55.2 Å². The Kier molecular flexibility index (Phi) is 14.4. The van der Waals surface area contributed by atoms with Crippen LogP contribution >= 0.6 is 0 Å². The van der Waals surface area contributed by atoms with Gasteiger partial charge < -0.3 is 4.90 Å². The van der Waals surface area contributed by atoms with Crippen molar-refractivity contribution in [3.63, 3.8) is 0 Å². The second kappa shape index (κ2) is 17.2. The van der Waals surface area contributed by atoms with Crippen molar-refractivity contribution in [2.45, 2.75) is 110 Å². The van der Waals surface area contributed by atoms with E-state index in [1.165, 1.54) is 132 Å². The average molecular weight is 424 g/mol. The van der Waals surface area contributed by atoms with E-state index in [9.17, 15) is 0 Å². The molecule has 0 saturated carbocycles. The first-order valence-electron chi connectivity index (χ1n) is 13.5. The fraction of sp³-hybridized carbons (Fsp3) is 0.667. The molecule has 0 saturated heterocycles. The molecule has 0 aliphatic rings. The second-order valence-electron chi connectivity index (χ2n) is 9.36. The topological polar surface area (TPSA) is 3.24 Å². The minimum absolute atomic E-state index is 1.21. The van der Waals surface area contributed by atoms with Crippen LogP contribution in [0.5, 0.6) is 0 Å². The Hall–Kier alpha value is -1.34. The number of unbranched alkanes of at least 4 members (excludes halogenated alkanes) is 13. The zero-order valence-corrected chi connectivity index (χ0v) is 20.7. The summed E-state index contributed by atoms with van der Waals surface area (Å²) in [5.41, 5.74) is 1.53. The Morgan fingerprint density at radius 3 is 1.58 bits per heavy atom. The van der Waals surface area contributed by atoms with E-state index < -0.39 is 0 Å². The van der Waals surface area contributed by atoms with E-state index in [0.29, 0.717) is 0 Å². The molecule has 174 valence electrons. The Bertz CT molecular complexity index is 668. The third kappa shape index (κ3) is 11.2. The summed E-state index contributed by atoms with van der Waals surface area (Å²) >= 11 is 0. The first-order chi connectivity index (χ1) is 15.3. The van der Waals surface area contributed by atoms with E-state index in [4.69, 9.17) is 0 Å². The molecule has 0 fully saturated rings. The molecule has 0 N–H and O–H groups in total.